The summed E-state index contributed by atoms with van der Waals surface area (Å²) in [6.45, 7) is 31.0. The molecule has 2 bridgehead atoms. The van der Waals surface area contributed by atoms with Crippen molar-refractivity contribution in [2.24, 2.45) is 0 Å². The Kier molecular flexibility index (Phi) is 11.6. The van der Waals surface area contributed by atoms with Crippen LogP contribution in [0.5, 0.6) is 11.5 Å². The molecule has 1 fully saturated rings. The zero-order valence-corrected chi connectivity index (χ0v) is 45.6. The molecule has 0 amide bonds. The van der Waals surface area contributed by atoms with E-state index in [0.29, 0.717) is 20.5 Å². The van der Waals surface area contributed by atoms with Gasteiger partial charge in [0.25, 0.3) is 0 Å². The van der Waals surface area contributed by atoms with Crippen LogP contribution < -0.4 is 13.7 Å². The molecule has 0 N–H and O–H groups in total. The number of nitrogens with zero attached hydrogens (tertiary/aromatic N) is 4. The topological polar surface area (TPSA) is 27.1 Å². The molecule has 71 heavy (non-hydrogen) atoms. The first-order valence-corrected chi connectivity index (χ1v) is 24.9. The number of aromatic nitrogens is 2. The van der Waals surface area contributed by atoms with Crippen LogP contribution in [0.2, 0.25) is 0 Å². The molecule has 1 saturated heterocycles. The molecule has 5 nitrogen and oxygen atoms in total. The van der Waals surface area contributed by atoms with Gasteiger partial charge in [0.1, 0.15) is 11.5 Å². The molecular weight excluding hydrogens is 1050 g/mol. The minimum Gasteiger partial charge on any atom is -0.509 e. The van der Waals surface area contributed by atoms with E-state index in [0.717, 1.165) is 51.1 Å². The first-order valence-electron chi connectivity index (χ1n) is 24.9. The number of rotatable bonds is 7. The van der Waals surface area contributed by atoms with Gasteiger partial charge in [-0.2, -0.15) is 6.07 Å². The molecule has 3 aliphatic rings. The second kappa shape index (κ2) is 17.0. The fourth-order valence-corrected chi connectivity index (χ4v) is 10.8. The maximum atomic E-state index is 7.04. The van der Waals surface area contributed by atoms with Gasteiger partial charge in [0.05, 0.1) is 6.67 Å². The van der Waals surface area contributed by atoms with E-state index >= 15 is 0 Å². The summed E-state index contributed by atoms with van der Waals surface area (Å²) in [7, 11) is 0. The summed E-state index contributed by atoms with van der Waals surface area (Å²) in [5.41, 5.74) is 16.7. The third kappa shape index (κ3) is 8.19. The van der Waals surface area contributed by atoms with Gasteiger partial charge in [-0.25, -0.2) is 4.98 Å². The molecule has 3 aliphatic heterocycles. The molecule has 5 heterocycles. The predicted molar refractivity (Wildman–Crippen MR) is 293 cm³/mol. The molecule has 0 aliphatic carbocycles. The first kappa shape index (κ1) is 48.5. The van der Waals surface area contributed by atoms with E-state index in [1.807, 2.05) is 12.3 Å². The van der Waals surface area contributed by atoms with Crippen LogP contribution in [-0.2, 0) is 42.7 Å². The Balaban J connectivity index is 0.00000582. The molecule has 0 radical (unpaired) electrons. The molecule has 12 rings (SSSR count). The van der Waals surface area contributed by atoms with Crippen LogP contribution in [0.25, 0.3) is 49.9 Å². The van der Waals surface area contributed by atoms with E-state index in [9.17, 15) is 0 Å². The standard InChI is InChI=1S/C65H65N4O.Pt/c1-62(2,3)45-24-18-23-44(33-45)53-28-20-30-58-61(53)69(50-35-47(64(7,8)9)34-48(36-50)65(10,11)12)41-68(58,42-69)49-25-19-26-51(38-49)70-52-39-55(43-21-14-13-15-22-43)60-54-27-16-17-29-56(54)67(57(60)40-52)59-37-46(31-32-66-59)63(4,5)6;/h13-37,39,41H,42H2,1-12H3;/q-1;/t68-,69+;/m1./s1. The van der Waals surface area contributed by atoms with Crippen LogP contribution >= 0.6 is 0 Å². The number of ether oxygens (including phenoxy) is 1. The monoisotopic (exact) mass is 1110 g/mol. The molecule has 2 aromatic heterocycles. The number of para-hydroxylation sites is 2. The Morgan fingerprint density at radius 1 is 0.535 bits per heavy atom. The summed E-state index contributed by atoms with van der Waals surface area (Å²) in [6, 6.07) is 63.2. The maximum Gasteiger partial charge on any atom is 0.187 e. The van der Waals surface area contributed by atoms with E-state index in [1.54, 1.807) is 0 Å². The van der Waals surface area contributed by atoms with Crippen LogP contribution in [0.1, 0.15) is 105 Å². The number of benzene rings is 7. The third-order valence-corrected chi connectivity index (χ3v) is 14.8. The van der Waals surface area contributed by atoms with Crippen molar-refractivity contribution in [3.05, 3.63) is 199 Å². The van der Waals surface area contributed by atoms with E-state index in [-0.39, 0.29) is 42.7 Å². The minimum absolute atomic E-state index is 0. The van der Waals surface area contributed by atoms with Crippen molar-refractivity contribution in [2.45, 2.75) is 105 Å². The van der Waals surface area contributed by atoms with Gasteiger partial charge in [-0.15, -0.1) is 29.8 Å². The Hall–Kier alpha value is -6.10. The van der Waals surface area contributed by atoms with E-state index in [2.05, 4.69) is 252 Å². The predicted octanol–water partition coefficient (Wildman–Crippen LogP) is 17.5. The third-order valence-electron chi connectivity index (χ3n) is 14.8. The van der Waals surface area contributed by atoms with Crippen LogP contribution in [0, 0.1) is 18.8 Å². The van der Waals surface area contributed by atoms with Crippen LogP contribution in [0.4, 0.5) is 22.7 Å². The van der Waals surface area contributed by atoms with Crippen LogP contribution in [0.3, 0.4) is 0 Å². The molecule has 9 aromatic rings. The molecule has 0 unspecified atom stereocenters. The van der Waals surface area contributed by atoms with Gasteiger partial charge >= 0.3 is 0 Å². The number of pyridine rings is 1. The van der Waals surface area contributed by atoms with E-state index in [1.165, 1.54) is 50.4 Å². The van der Waals surface area contributed by atoms with Gasteiger partial charge in [0, 0.05) is 73.7 Å². The Morgan fingerprint density at radius 3 is 1.85 bits per heavy atom. The molecule has 0 spiro atoms. The zero-order valence-electron chi connectivity index (χ0n) is 43.3. The Bertz CT molecular complexity index is 3480. The van der Waals surface area contributed by atoms with Gasteiger partial charge in [-0.1, -0.05) is 185 Å². The number of quaternary nitrogens is 2. The Labute approximate surface area is 436 Å². The first-order chi connectivity index (χ1) is 33.1. The maximum absolute atomic E-state index is 7.04. The molecular formula is C65H65N4OPt-. The molecule has 362 valence electrons. The van der Waals surface area contributed by atoms with Gasteiger partial charge in [-0.3, -0.25) is 4.48 Å². The molecule has 0 saturated carbocycles. The van der Waals surface area contributed by atoms with Crippen molar-refractivity contribution in [3.63, 3.8) is 0 Å². The summed E-state index contributed by atoms with van der Waals surface area (Å²) in [5.74, 6) is 2.11. The summed E-state index contributed by atoms with van der Waals surface area (Å²) in [4.78, 5) is 4.99. The van der Waals surface area contributed by atoms with Gasteiger partial charge in [0.15, 0.2) is 18.0 Å². The summed E-state index contributed by atoms with van der Waals surface area (Å²) >= 11 is 0. The van der Waals surface area contributed by atoms with Gasteiger partial charge in [0.2, 0.25) is 0 Å². The summed E-state index contributed by atoms with van der Waals surface area (Å²) in [5, 5.41) is 2.25. The van der Waals surface area contributed by atoms with Crippen molar-refractivity contribution in [3.8, 4) is 39.6 Å². The van der Waals surface area contributed by atoms with Crippen molar-refractivity contribution in [1.29, 1.82) is 0 Å². The number of fused-ring (bicyclic) bond motifs is 3. The Morgan fingerprint density at radius 2 is 1.15 bits per heavy atom. The fraction of sp³-hybridized carbons (Fsp3) is 0.262. The summed E-state index contributed by atoms with van der Waals surface area (Å²) < 4.78 is 10.5. The van der Waals surface area contributed by atoms with E-state index in [4.69, 9.17) is 9.72 Å². The van der Waals surface area contributed by atoms with Crippen molar-refractivity contribution in [2.75, 3.05) is 6.67 Å². The van der Waals surface area contributed by atoms with Crippen molar-refractivity contribution in [1.82, 2.24) is 18.5 Å². The SMILES string of the molecule is CC(C)(C)c1cccc(-c2cccc3c2[N@@+]2(c4cc(C(C)(C)C)cc(C(C)(C)C)c4)[CH-][N@+]3(c3[c-]c(Oc4[c-]c5c(c(-c6ccccc6)c4)c4ccccc4n5-c4cc(C(C)(C)C)ccn4)ccc3)C2)c1.[Pt]. The van der Waals surface area contributed by atoms with Gasteiger partial charge in [-0.05, 0) is 84.7 Å². The molecule has 2 atom stereocenters. The van der Waals surface area contributed by atoms with Crippen molar-refractivity contribution < 1.29 is 25.8 Å². The molecule has 6 heteroatoms. The van der Waals surface area contributed by atoms with E-state index < -0.39 is 0 Å². The van der Waals surface area contributed by atoms with Crippen LogP contribution in [0.15, 0.2) is 158 Å². The van der Waals surface area contributed by atoms with Gasteiger partial charge < -0.3 is 13.8 Å². The van der Waals surface area contributed by atoms with Crippen molar-refractivity contribution >= 4 is 44.6 Å². The number of hydrogen-bond donors (Lipinski definition) is 0. The van der Waals surface area contributed by atoms with Crippen LogP contribution in [-0.4, -0.2) is 16.2 Å². The minimum atomic E-state index is -0.0521. The average molecular weight is 1110 g/mol. The largest absolute Gasteiger partial charge is 0.509 e. The zero-order chi connectivity index (χ0) is 49.2. The normalized spacial score (nSPS) is 17.7. The quantitative estimate of drug-likeness (QED) is 0.117. The number of hydrogen-bond acceptors (Lipinski definition) is 2. The second-order valence-electron chi connectivity index (χ2n) is 23.9. The second-order valence-corrected chi connectivity index (χ2v) is 23.9. The average Bonchev–Trinajstić information content (AvgIpc) is 3.92. The molecule has 7 aromatic carbocycles. The smallest absolute Gasteiger partial charge is 0.187 e. The summed E-state index contributed by atoms with van der Waals surface area (Å²) in [6.07, 6.45) is 1.93. The fourth-order valence-electron chi connectivity index (χ4n) is 10.8.